The van der Waals surface area contributed by atoms with Crippen LogP contribution in [-0.2, 0) is 9.53 Å². The van der Waals surface area contributed by atoms with Gasteiger partial charge in [0.2, 0.25) is 5.95 Å². The van der Waals surface area contributed by atoms with Crippen molar-refractivity contribution in [2.45, 2.75) is 51.6 Å². The van der Waals surface area contributed by atoms with Crippen LogP contribution >= 0.6 is 34.8 Å². The molecule has 37 heavy (non-hydrogen) atoms. The first-order valence-corrected chi connectivity index (χ1v) is 14.1. The van der Waals surface area contributed by atoms with E-state index in [0.29, 0.717) is 44.7 Å². The van der Waals surface area contributed by atoms with Crippen LogP contribution in [-0.4, -0.2) is 60.2 Å². The molecule has 0 bridgehead atoms. The summed E-state index contributed by atoms with van der Waals surface area (Å²) in [6.07, 6.45) is 5.92. The third kappa shape index (κ3) is 5.51. The number of nitrogens with one attached hydrogen (secondary N) is 1. The van der Waals surface area contributed by atoms with Gasteiger partial charge in [-0.05, 0) is 75.6 Å². The fraction of sp³-hybridized carbons (Fsp3) is 0.593. The van der Waals surface area contributed by atoms with Crippen LogP contribution < -0.4 is 10.2 Å². The molecule has 7 nitrogen and oxygen atoms in total. The van der Waals surface area contributed by atoms with Crippen LogP contribution in [0, 0.1) is 17.3 Å². The molecule has 0 radical (unpaired) electrons. The SMILES string of the molecule is COC(=O)[C@]1(C)C[C@@H](N2CCC[C@H](C3CN(c4ncc(Cl)c(N[C@H](C)c5ccc(Cl)cc5Cl)n4)C3)C2)C1. The minimum absolute atomic E-state index is 0.0746. The van der Waals surface area contributed by atoms with E-state index in [9.17, 15) is 4.79 Å². The van der Waals surface area contributed by atoms with Gasteiger partial charge in [0.05, 0.1) is 24.8 Å². The number of carbonyl (C=O) groups excluding carboxylic acids is 1. The van der Waals surface area contributed by atoms with Gasteiger partial charge in [-0.25, -0.2) is 4.98 Å². The molecular weight excluding hydrogens is 533 g/mol. The fourth-order valence-corrected chi connectivity index (χ4v) is 6.85. The highest BCUT2D eigenvalue weighted by atomic mass is 35.5. The summed E-state index contributed by atoms with van der Waals surface area (Å²) >= 11 is 18.9. The van der Waals surface area contributed by atoms with Gasteiger partial charge in [0.25, 0.3) is 0 Å². The topological polar surface area (TPSA) is 70.6 Å². The van der Waals surface area contributed by atoms with Crippen molar-refractivity contribution in [2.75, 3.05) is 43.5 Å². The van der Waals surface area contributed by atoms with Gasteiger partial charge in [-0.2, -0.15) is 4.98 Å². The van der Waals surface area contributed by atoms with Crippen LogP contribution in [0.3, 0.4) is 0 Å². The van der Waals surface area contributed by atoms with Gasteiger partial charge in [0, 0.05) is 35.7 Å². The van der Waals surface area contributed by atoms with Crippen LogP contribution in [0.5, 0.6) is 0 Å². The van der Waals surface area contributed by atoms with Gasteiger partial charge < -0.3 is 19.9 Å². The van der Waals surface area contributed by atoms with Crippen molar-refractivity contribution in [3.63, 3.8) is 0 Å². The van der Waals surface area contributed by atoms with E-state index < -0.39 is 0 Å². The molecule has 1 aliphatic carbocycles. The minimum Gasteiger partial charge on any atom is -0.469 e. The summed E-state index contributed by atoms with van der Waals surface area (Å²) in [6.45, 7) is 8.16. The Morgan fingerprint density at radius 2 is 1.92 bits per heavy atom. The average molecular weight is 567 g/mol. The quantitative estimate of drug-likeness (QED) is 0.406. The predicted molar refractivity (Wildman–Crippen MR) is 149 cm³/mol. The molecule has 3 fully saturated rings. The lowest BCUT2D eigenvalue weighted by Crippen LogP contribution is -2.58. The highest BCUT2D eigenvalue weighted by Gasteiger charge is 2.50. The summed E-state index contributed by atoms with van der Waals surface area (Å²) in [4.78, 5) is 26.1. The normalized spacial score (nSPS) is 27.2. The van der Waals surface area contributed by atoms with E-state index in [0.717, 1.165) is 44.6 Å². The smallest absolute Gasteiger partial charge is 0.311 e. The Kier molecular flexibility index (Phi) is 7.79. The second-order valence-corrected chi connectivity index (χ2v) is 12.3. The highest BCUT2D eigenvalue weighted by Crippen LogP contribution is 2.46. The molecule has 10 heteroatoms. The molecule has 2 aliphatic heterocycles. The monoisotopic (exact) mass is 565 g/mol. The van der Waals surface area contributed by atoms with E-state index in [4.69, 9.17) is 44.5 Å². The molecule has 1 N–H and O–H groups in total. The van der Waals surface area contributed by atoms with E-state index in [-0.39, 0.29) is 17.4 Å². The number of benzene rings is 1. The summed E-state index contributed by atoms with van der Waals surface area (Å²) < 4.78 is 5.00. The van der Waals surface area contributed by atoms with E-state index in [1.54, 1.807) is 12.3 Å². The molecule has 2 atom stereocenters. The second-order valence-electron chi connectivity index (χ2n) is 11.1. The van der Waals surface area contributed by atoms with E-state index in [1.807, 2.05) is 26.0 Å². The maximum Gasteiger partial charge on any atom is 0.311 e. The molecule has 2 saturated heterocycles. The Bertz CT molecular complexity index is 1150. The lowest BCUT2D eigenvalue weighted by Gasteiger charge is -2.52. The first-order valence-electron chi connectivity index (χ1n) is 13.0. The number of ether oxygens (including phenoxy) is 1. The van der Waals surface area contributed by atoms with Crippen LogP contribution in [0.1, 0.15) is 51.1 Å². The van der Waals surface area contributed by atoms with Gasteiger partial charge in [0.1, 0.15) is 5.02 Å². The van der Waals surface area contributed by atoms with Crippen LogP contribution in [0.2, 0.25) is 15.1 Å². The molecule has 3 heterocycles. The number of hydrogen-bond acceptors (Lipinski definition) is 7. The maximum absolute atomic E-state index is 12.1. The van der Waals surface area contributed by atoms with Crippen molar-refractivity contribution in [3.05, 3.63) is 45.0 Å². The average Bonchev–Trinajstić information content (AvgIpc) is 2.82. The summed E-state index contributed by atoms with van der Waals surface area (Å²) in [5, 5.41) is 5.05. The summed E-state index contributed by atoms with van der Waals surface area (Å²) in [6, 6.07) is 5.86. The van der Waals surface area contributed by atoms with Crippen molar-refractivity contribution in [1.82, 2.24) is 14.9 Å². The van der Waals surface area contributed by atoms with Gasteiger partial charge in [-0.3, -0.25) is 4.79 Å². The Morgan fingerprint density at radius 3 is 2.62 bits per heavy atom. The molecule has 3 aliphatic rings. The van der Waals surface area contributed by atoms with Crippen molar-refractivity contribution >= 4 is 52.5 Å². The van der Waals surface area contributed by atoms with Crippen LogP contribution in [0.4, 0.5) is 11.8 Å². The molecule has 1 aromatic heterocycles. The molecule has 0 unspecified atom stereocenters. The van der Waals surface area contributed by atoms with E-state index in [1.165, 1.54) is 20.0 Å². The number of esters is 1. The third-order valence-corrected chi connectivity index (χ3v) is 9.27. The van der Waals surface area contributed by atoms with Gasteiger partial charge in [0.15, 0.2) is 5.82 Å². The number of hydrogen-bond donors (Lipinski definition) is 1. The molecule has 200 valence electrons. The number of halogens is 3. The van der Waals surface area contributed by atoms with Gasteiger partial charge in [-0.1, -0.05) is 40.9 Å². The minimum atomic E-state index is -0.312. The zero-order chi connectivity index (χ0) is 26.3. The Morgan fingerprint density at radius 1 is 1.16 bits per heavy atom. The Hall–Kier alpha value is -1.80. The number of nitrogens with zero attached hydrogens (tertiary/aromatic N) is 4. The fourth-order valence-electron chi connectivity index (χ4n) is 6.13. The van der Waals surface area contributed by atoms with Crippen molar-refractivity contribution in [2.24, 2.45) is 17.3 Å². The van der Waals surface area contributed by atoms with Gasteiger partial charge in [-0.15, -0.1) is 0 Å². The number of piperidine rings is 1. The van der Waals surface area contributed by atoms with Crippen LogP contribution in [0.25, 0.3) is 0 Å². The lowest BCUT2D eigenvalue weighted by atomic mass is 9.65. The standard InChI is InChI=1S/C27H34Cl3N5O2/c1-16(21-7-6-19(28)9-22(21)29)32-24-23(30)12-31-26(33-24)35-14-18(15-35)17-5-4-8-34(13-17)20-10-27(2,11-20)25(36)37-3/h6-7,9,12,16-18,20H,4-5,8,10-11,13-15H2,1-3H3,(H,31,32,33)/t16-,17+,20-,27-/m1/s1. The molecule has 2 aromatic rings. The zero-order valence-electron chi connectivity index (χ0n) is 21.5. The summed E-state index contributed by atoms with van der Waals surface area (Å²) in [7, 11) is 1.49. The van der Waals surface area contributed by atoms with E-state index in [2.05, 4.69) is 20.1 Å². The number of anilines is 2. The predicted octanol–water partition coefficient (Wildman–Crippen LogP) is 6.10. The van der Waals surface area contributed by atoms with Crippen molar-refractivity contribution in [3.8, 4) is 0 Å². The molecule has 5 rings (SSSR count). The molecule has 0 amide bonds. The number of carbonyl (C=O) groups is 1. The highest BCUT2D eigenvalue weighted by molar-refractivity contribution is 6.35. The van der Waals surface area contributed by atoms with Crippen LogP contribution in [0.15, 0.2) is 24.4 Å². The molecule has 0 spiro atoms. The van der Waals surface area contributed by atoms with Gasteiger partial charge >= 0.3 is 5.97 Å². The number of aromatic nitrogens is 2. The summed E-state index contributed by atoms with van der Waals surface area (Å²) in [5.74, 6) is 2.49. The van der Waals surface area contributed by atoms with Crippen molar-refractivity contribution in [1.29, 1.82) is 0 Å². The summed E-state index contributed by atoms with van der Waals surface area (Å²) in [5.41, 5.74) is 0.611. The number of methoxy groups -OCH3 is 1. The second kappa shape index (κ2) is 10.8. The zero-order valence-corrected chi connectivity index (χ0v) is 23.8. The molecule has 1 aromatic carbocycles. The lowest BCUT2D eigenvalue weighted by molar-refractivity contribution is -0.162. The Balaban J connectivity index is 1.16. The molecule has 1 saturated carbocycles. The molecular formula is C27H34Cl3N5O2. The Labute approximate surface area is 233 Å². The van der Waals surface area contributed by atoms with E-state index >= 15 is 0 Å². The first-order chi connectivity index (χ1) is 17.7. The first kappa shape index (κ1) is 26.8. The maximum atomic E-state index is 12.1. The largest absolute Gasteiger partial charge is 0.469 e. The third-order valence-electron chi connectivity index (χ3n) is 8.43. The number of rotatable bonds is 7. The number of likely N-dealkylation sites (tertiary alicyclic amines) is 1. The van der Waals surface area contributed by atoms with Crippen molar-refractivity contribution < 1.29 is 9.53 Å².